The lowest BCUT2D eigenvalue weighted by atomic mass is 9.80. The van der Waals surface area contributed by atoms with Crippen LogP contribution in [0.3, 0.4) is 0 Å². The number of nitrogens with zero attached hydrogens (tertiary/aromatic N) is 1. The van der Waals surface area contributed by atoms with E-state index in [2.05, 4.69) is 13.8 Å². The fourth-order valence-corrected chi connectivity index (χ4v) is 1.30. The fourth-order valence-electron chi connectivity index (χ4n) is 1.30. The predicted octanol–water partition coefficient (Wildman–Crippen LogP) is 2.07. The van der Waals surface area contributed by atoms with Crippen LogP contribution in [0.15, 0.2) is 12.2 Å². The minimum Gasteiger partial charge on any atom is -0.335 e. The van der Waals surface area contributed by atoms with Crippen molar-refractivity contribution in [3.63, 3.8) is 0 Å². The molecule has 0 spiro atoms. The second-order valence-electron chi connectivity index (χ2n) is 4.56. The molecule has 1 aliphatic rings. The first-order valence-electron chi connectivity index (χ1n) is 4.90. The van der Waals surface area contributed by atoms with Gasteiger partial charge in [-0.05, 0) is 5.92 Å². The van der Waals surface area contributed by atoms with Gasteiger partial charge in [0.25, 0.3) is 0 Å². The summed E-state index contributed by atoms with van der Waals surface area (Å²) in [5.41, 5.74) is -0.230. The summed E-state index contributed by atoms with van der Waals surface area (Å²) in [5, 5.41) is 0. The number of carbonyl (C=O) groups is 1. The average Bonchev–Trinajstić information content (AvgIpc) is 2.54. The van der Waals surface area contributed by atoms with E-state index in [-0.39, 0.29) is 11.3 Å². The second kappa shape index (κ2) is 3.52. The number of hydrogen-bond acceptors (Lipinski definition) is 1. The molecule has 1 aliphatic heterocycles. The van der Waals surface area contributed by atoms with Crippen molar-refractivity contribution in [1.29, 1.82) is 0 Å². The Morgan fingerprint density at radius 3 is 2.15 bits per heavy atom. The first kappa shape index (κ1) is 10.3. The zero-order valence-corrected chi connectivity index (χ0v) is 9.00. The van der Waals surface area contributed by atoms with Gasteiger partial charge in [0.15, 0.2) is 0 Å². The van der Waals surface area contributed by atoms with Crippen LogP contribution in [0.5, 0.6) is 0 Å². The van der Waals surface area contributed by atoms with Gasteiger partial charge in [-0.15, -0.1) is 0 Å². The zero-order valence-electron chi connectivity index (χ0n) is 9.00. The number of hydrogen-bond donors (Lipinski definition) is 0. The van der Waals surface area contributed by atoms with Gasteiger partial charge in [-0.2, -0.15) is 0 Å². The molecule has 2 heteroatoms. The van der Waals surface area contributed by atoms with Crippen molar-refractivity contribution in [1.82, 2.24) is 4.90 Å². The van der Waals surface area contributed by atoms with Gasteiger partial charge in [0.2, 0.25) is 5.91 Å². The van der Waals surface area contributed by atoms with E-state index in [1.807, 2.05) is 30.9 Å². The Bertz CT molecular complexity index is 220. The fraction of sp³-hybridized carbons (Fsp3) is 0.727. The van der Waals surface area contributed by atoms with Gasteiger partial charge in [0, 0.05) is 18.5 Å². The van der Waals surface area contributed by atoms with Crippen molar-refractivity contribution in [2.75, 3.05) is 13.1 Å². The van der Waals surface area contributed by atoms with Gasteiger partial charge in [-0.1, -0.05) is 39.8 Å². The summed E-state index contributed by atoms with van der Waals surface area (Å²) in [6.07, 6.45) is 4.10. The van der Waals surface area contributed by atoms with E-state index in [4.69, 9.17) is 0 Å². The molecule has 0 N–H and O–H groups in total. The molecule has 0 bridgehead atoms. The Kier molecular flexibility index (Phi) is 2.79. The zero-order chi connectivity index (χ0) is 10.1. The Morgan fingerprint density at radius 2 is 1.77 bits per heavy atom. The highest BCUT2D eigenvalue weighted by atomic mass is 16.2. The lowest BCUT2D eigenvalue weighted by Crippen LogP contribution is -2.42. The Labute approximate surface area is 80.6 Å². The van der Waals surface area contributed by atoms with Crippen LogP contribution in [0.1, 0.15) is 27.7 Å². The number of carbonyl (C=O) groups excluding carboxylic acids is 1. The quantitative estimate of drug-likeness (QED) is 0.597. The van der Waals surface area contributed by atoms with Gasteiger partial charge in [0.05, 0.1) is 0 Å². The van der Waals surface area contributed by atoms with Crippen LogP contribution >= 0.6 is 0 Å². The van der Waals surface area contributed by atoms with E-state index in [9.17, 15) is 4.79 Å². The minimum atomic E-state index is -0.230. The maximum Gasteiger partial charge on any atom is 0.229 e. The Morgan fingerprint density at radius 1 is 1.31 bits per heavy atom. The van der Waals surface area contributed by atoms with Crippen molar-refractivity contribution < 1.29 is 4.79 Å². The van der Waals surface area contributed by atoms with Crippen molar-refractivity contribution in [2.24, 2.45) is 11.3 Å². The van der Waals surface area contributed by atoms with Crippen LogP contribution in [0.25, 0.3) is 0 Å². The summed E-state index contributed by atoms with van der Waals surface area (Å²) in [7, 11) is 0. The van der Waals surface area contributed by atoms with E-state index < -0.39 is 0 Å². The topological polar surface area (TPSA) is 20.3 Å². The smallest absolute Gasteiger partial charge is 0.229 e. The van der Waals surface area contributed by atoms with Crippen molar-refractivity contribution in [3.8, 4) is 0 Å². The molecule has 0 atom stereocenters. The van der Waals surface area contributed by atoms with E-state index >= 15 is 0 Å². The standard InChI is InChI=1S/C11H19NO/c1-9(2)11(3,4)10(13)12-7-5-6-8-12/h5-6,9H,7-8H2,1-4H3. The highest BCUT2D eigenvalue weighted by Gasteiger charge is 2.34. The molecule has 2 nitrogen and oxygen atoms in total. The molecule has 0 unspecified atom stereocenters. The van der Waals surface area contributed by atoms with Gasteiger partial charge >= 0.3 is 0 Å². The predicted molar refractivity (Wildman–Crippen MR) is 54.3 cm³/mol. The molecule has 0 aromatic carbocycles. The van der Waals surface area contributed by atoms with Gasteiger partial charge < -0.3 is 4.90 Å². The van der Waals surface area contributed by atoms with Crippen LogP contribution in [0.2, 0.25) is 0 Å². The number of rotatable bonds is 2. The number of amides is 1. The van der Waals surface area contributed by atoms with Crippen molar-refractivity contribution in [2.45, 2.75) is 27.7 Å². The summed E-state index contributed by atoms with van der Waals surface area (Å²) < 4.78 is 0. The third-order valence-corrected chi connectivity index (χ3v) is 3.10. The van der Waals surface area contributed by atoms with Crippen LogP contribution in [0.4, 0.5) is 0 Å². The van der Waals surface area contributed by atoms with Crippen LogP contribution < -0.4 is 0 Å². The summed E-state index contributed by atoms with van der Waals surface area (Å²) in [5.74, 6) is 0.660. The highest BCUT2D eigenvalue weighted by Crippen LogP contribution is 2.29. The van der Waals surface area contributed by atoms with E-state index in [0.717, 1.165) is 13.1 Å². The molecule has 0 saturated heterocycles. The van der Waals surface area contributed by atoms with Crippen LogP contribution in [0, 0.1) is 11.3 Å². The summed E-state index contributed by atoms with van der Waals surface area (Å²) >= 11 is 0. The molecular formula is C11H19NO. The Hall–Kier alpha value is -0.790. The third-order valence-electron chi connectivity index (χ3n) is 3.10. The van der Waals surface area contributed by atoms with Gasteiger partial charge in [-0.25, -0.2) is 0 Å². The molecule has 1 heterocycles. The maximum absolute atomic E-state index is 12.0. The molecule has 1 rings (SSSR count). The van der Waals surface area contributed by atoms with Crippen molar-refractivity contribution in [3.05, 3.63) is 12.2 Å². The van der Waals surface area contributed by atoms with Gasteiger partial charge in [-0.3, -0.25) is 4.79 Å². The molecular weight excluding hydrogens is 162 g/mol. The molecule has 1 amide bonds. The molecule has 0 fully saturated rings. The van der Waals surface area contributed by atoms with Crippen LogP contribution in [-0.4, -0.2) is 23.9 Å². The van der Waals surface area contributed by atoms with Gasteiger partial charge in [0.1, 0.15) is 0 Å². The maximum atomic E-state index is 12.0. The molecule has 0 aromatic heterocycles. The molecule has 0 aliphatic carbocycles. The molecule has 0 aromatic rings. The molecule has 0 radical (unpaired) electrons. The molecule has 13 heavy (non-hydrogen) atoms. The summed E-state index contributed by atoms with van der Waals surface area (Å²) in [6.45, 7) is 9.82. The lowest BCUT2D eigenvalue weighted by molar-refractivity contribution is -0.141. The summed E-state index contributed by atoms with van der Waals surface area (Å²) in [4.78, 5) is 13.9. The first-order valence-corrected chi connectivity index (χ1v) is 4.90. The minimum absolute atomic E-state index is 0.230. The normalized spacial score (nSPS) is 17.2. The van der Waals surface area contributed by atoms with Crippen LogP contribution in [-0.2, 0) is 4.79 Å². The van der Waals surface area contributed by atoms with E-state index in [1.165, 1.54) is 0 Å². The van der Waals surface area contributed by atoms with Crippen molar-refractivity contribution >= 4 is 5.91 Å². The highest BCUT2D eigenvalue weighted by molar-refractivity contribution is 5.82. The molecule has 74 valence electrons. The lowest BCUT2D eigenvalue weighted by Gasteiger charge is -2.32. The largest absolute Gasteiger partial charge is 0.335 e. The summed E-state index contributed by atoms with van der Waals surface area (Å²) in [6, 6.07) is 0. The average molecular weight is 181 g/mol. The second-order valence-corrected chi connectivity index (χ2v) is 4.56. The van der Waals surface area contributed by atoms with E-state index in [1.54, 1.807) is 0 Å². The third kappa shape index (κ3) is 1.93. The SMILES string of the molecule is CC(C)C(C)(C)C(=O)N1CC=CC1. The monoisotopic (exact) mass is 181 g/mol. The van der Waals surface area contributed by atoms with E-state index in [0.29, 0.717) is 5.92 Å². The first-order chi connectivity index (χ1) is 5.96. The molecule has 0 saturated carbocycles. The Balaban J connectivity index is 2.66.